The second-order valence-corrected chi connectivity index (χ2v) is 7.91. The Kier molecular flexibility index (Phi) is 10.7. The van der Waals surface area contributed by atoms with E-state index in [2.05, 4.69) is 29.1 Å². The molecular weight excluding hydrogens is 455 g/mol. The van der Waals surface area contributed by atoms with E-state index in [0.717, 1.165) is 70.8 Å². The van der Waals surface area contributed by atoms with Crippen LogP contribution >= 0.6 is 24.0 Å². The van der Waals surface area contributed by atoms with Crippen molar-refractivity contribution in [1.82, 2.24) is 15.1 Å². The Hall–Kier alpha value is -0.120. The summed E-state index contributed by atoms with van der Waals surface area (Å²) in [5.41, 5.74) is 0. The van der Waals surface area contributed by atoms with Crippen LogP contribution in [0.15, 0.2) is 4.99 Å². The van der Waals surface area contributed by atoms with Crippen LogP contribution in [-0.4, -0.2) is 87.0 Å². The molecule has 1 aliphatic carbocycles. The Morgan fingerprint density at radius 3 is 2.56 bits per heavy atom. The number of rotatable bonds is 6. The summed E-state index contributed by atoms with van der Waals surface area (Å²) >= 11 is 0. The Morgan fingerprint density at radius 2 is 1.85 bits per heavy atom. The fourth-order valence-corrected chi connectivity index (χ4v) is 4.43. The highest BCUT2D eigenvalue weighted by atomic mass is 127. The molecule has 1 N–H and O–H groups in total. The molecule has 7 heteroatoms. The van der Waals surface area contributed by atoms with Crippen LogP contribution in [0.1, 0.15) is 51.9 Å². The third-order valence-electron chi connectivity index (χ3n) is 6.02. The lowest BCUT2D eigenvalue weighted by Crippen LogP contribution is -2.53. The van der Waals surface area contributed by atoms with Gasteiger partial charge in [0.05, 0.1) is 19.3 Å². The average molecular weight is 494 g/mol. The fraction of sp³-hybridized carbons (Fsp3) is 0.950. The van der Waals surface area contributed by atoms with Gasteiger partial charge in [-0.05, 0) is 39.7 Å². The molecule has 2 atom stereocenters. The maximum Gasteiger partial charge on any atom is 0.194 e. The van der Waals surface area contributed by atoms with Gasteiger partial charge >= 0.3 is 0 Å². The standard InChI is InChI=1S/C20H38N4O2.HI/c1-3-21-20(22-11-12-23(2)17-8-5-4-6-9-17)24-13-15-26-19(16-24)18-10-7-14-25-18;/h17-19H,3-16H2,1-2H3,(H,21,22);1H. The largest absolute Gasteiger partial charge is 0.375 e. The number of ether oxygens (including phenoxy) is 2. The highest BCUT2D eigenvalue weighted by Gasteiger charge is 2.32. The van der Waals surface area contributed by atoms with Gasteiger partial charge in [0.2, 0.25) is 0 Å². The summed E-state index contributed by atoms with van der Waals surface area (Å²) < 4.78 is 11.8. The predicted molar refractivity (Wildman–Crippen MR) is 121 cm³/mol. The molecule has 158 valence electrons. The van der Waals surface area contributed by atoms with Crippen LogP contribution in [0.5, 0.6) is 0 Å². The van der Waals surface area contributed by atoms with Crippen molar-refractivity contribution in [2.24, 2.45) is 4.99 Å². The second-order valence-electron chi connectivity index (χ2n) is 7.91. The first-order valence-corrected chi connectivity index (χ1v) is 10.7. The maximum atomic E-state index is 5.98. The summed E-state index contributed by atoms with van der Waals surface area (Å²) in [6.45, 7) is 8.38. The van der Waals surface area contributed by atoms with Crippen LogP contribution in [-0.2, 0) is 9.47 Å². The molecule has 0 amide bonds. The summed E-state index contributed by atoms with van der Waals surface area (Å²) in [4.78, 5) is 9.80. The first-order valence-electron chi connectivity index (χ1n) is 10.7. The number of hydrogen-bond acceptors (Lipinski definition) is 4. The number of hydrogen-bond donors (Lipinski definition) is 1. The van der Waals surface area contributed by atoms with E-state index in [1.165, 1.54) is 32.1 Å². The van der Waals surface area contributed by atoms with Gasteiger partial charge in [-0.1, -0.05) is 19.3 Å². The van der Waals surface area contributed by atoms with Crippen molar-refractivity contribution in [2.75, 3.05) is 53.0 Å². The van der Waals surface area contributed by atoms with Crippen molar-refractivity contribution in [2.45, 2.75) is 70.1 Å². The lowest BCUT2D eigenvalue weighted by Gasteiger charge is -2.37. The summed E-state index contributed by atoms with van der Waals surface area (Å²) in [7, 11) is 2.26. The Morgan fingerprint density at radius 1 is 1.07 bits per heavy atom. The molecule has 2 aliphatic heterocycles. The zero-order valence-electron chi connectivity index (χ0n) is 17.2. The van der Waals surface area contributed by atoms with Crippen molar-refractivity contribution in [3.8, 4) is 0 Å². The van der Waals surface area contributed by atoms with E-state index < -0.39 is 0 Å². The summed E-state index contributed by atoms with van der Waals surface area (Å²) in [5, 5.41) is 3.48. The number of guanidine groups is 1. The van der Waals surface area contributed by atoms with Crippen LogP contribution in [0, 0.1) is 0 Å². The fourth-order valence-electron chi connectivity index (χ4n) is 4.43. The molecule has 3 fully saturated rings. The molecule has 2 saturated heterocycles. The predicted octanol–water partition coefficient (Wildman–Crippen LogP) is 2.71. The summed E-state index contributed by atoms with van der Waals surface area (Å²) in [6.07, 6.45) is 9.62. The van der Waals surface area contributed by atoms with Gasteiger partial charge in [-0.3, -0.25) is 4.99 Å². The van der Waals surface area contributed by atoms with E-state index >= 15 is 0 Å². The SMILES string of the molecule is CCNC(=NCCN(C)C1CCCCC1)N1CCOC(C2CCCO2)C1.I. The van der Waals surface area contributed by atoms with Gasteiger partial charge in [-0.15, -0.1) is 24.0 Å². The minimum absolute atomic E-state index is 0. The number of aliphatic imine (C=N–C) groups is 1. The maximum absolute atomic E-state index is 5.98. The van der Waals surface area contributed by atoms with E-state index in [1.807, 2.05) is 0 Å². The molecular formula is C20H39IN4O2. The van der Waals surface area contributed by atoms with Crippen LogP contribution in [0.25, 0.3) is 0 Å². The second kappa shape index (κ2) is 12.4. The minimum atomic E-state index is 0. The number of halogens is 1. The molecule has 3 rings (SSSR count). The van der Waals surface area contributed by atoms with Gasteiger partial charge in [-0.2, -0.15) is 0 Å². The Labute approximate surface area is 182 Å². The van der Waals surface area contributed by atoms with E-state index in [0.29, 0.717) is 0 Å². The van der Waals surface area contributed by atoms with Crippen molar-refractivity contribution in [3.63, 3.8) is 0 Å². The van der Waals surface area contributed by atoms with Gasteiger partial charge < -0.3 is 24.6 Å². The first-order chi connectivity index (χ1) is 12.8. The molecule has 0 bridgehead atoms. The van der Waals surface area contributed by atoms with E-state index in [-0.39, 0.29) is 36.2 Å². The molecule has 2 heterocycles. The van der Waals surface area contributed by atoms with Crippen molar-refractivity contribution in [3.05, 3.63) is 0 Å². The van der Waals surface area contributed by atoms with Crippen molar-refractivity contribution >= 4 is 29.9 Å². The molecule has 0 aromatic carbocycles. The van der Waals surface area contributed by atoms with Gasteiger partial charge in [0.25, 0.3) is 0 Å². The highest BCUT2D eigenvalue weighted by Crippen LogP contribution is 2.22. The first kappa shape index (κ1) is 23.2. The normalized spacial score (nSPS) is 27.7. The van der Waals surface area contributed by atoms with Gasteiger partial charge in [0.1, 0.15) is 6.10 Å². The third-order valence-corrected chi connectivity index (χ3v) is 6.02. The van der Waals surface area contributed by atoms with Crippen LogP contribution in [0.3, 0.4) is 0 Å². The lowest BCUT2D eigenvalue weighted by molar-refractivity contribution is -0.0817. The van der Waals surface area contributed by atoms with E-state index in [1.54, 1.807) is 0 Å². The average Bonchev–Trinajstić information content (AvgIpc) is 3.23. The molecule has 6 nitrogen and oxygen atoms in total. The van der Waals surface area contributed by atoms with Gasteiger partial charge in [0.15, 0.2) is 5.96 Å². The van der Waals surface area contributed by atoms with Gasteiger partial charge in [0, 0.05) is 38.8 Å². The van der Waals surface area contributed by atoms with Crippen molar-refractivity contribution in [1.29, 1.82) is 0 Å². The Bertz CT molecular complexity index is 440. The van der Waals surface area contributed by atoms with E-state index in [9.17, 15) is 0 Å². The smallest absolute Gasteiger partial charge is 0.194 e. The highest BCUT2D eigenvalue weighted by molar-refractivity contribution is 14.0. The lowest BCUT2D eigenvalue weighted by atomic mass is 9.94. The van der Waals surface area contributed by atoms with Gasteiger partial charge in [-0.25, -0.2) is 0 Å². The zero-order chi connectivity index (χ0) is 18.2. The topological polar surface area (TPSA) is 49.3 Å². The molecule has 0 aromatic rings. The Balaban J connectivity index is 0.00000261. The third kappa shape index (κ3) is 7.01. The van der Waals surface area contributed by atoms with Crippen LogP contribution in [0.2, 0.25) is 0 Å². The quantitative estimate of drug-likeness (QED) is 0.350. The summed E-state index contributed by atoms with van der Waals surface area (Å²) in [5.74, 6) is 1.04. The number of nitrogens with one attached hydrogen (secondary N) is 1. The van der Waals surface area contributed by atoms with Crippen molar-refractivity contribution < 1.29 is 9.47 Å². The zero-order valence-corrected chi connectivity index (χ0v) is 19.5. The molecule has 1 saturated carbocycles. The molecule has 0 spiro atoms. The van der Waals surface area contributed by atoms with E-state index in [4.69, 9.17) is 14.5 Å². The summed E-state index contributed by atoms with van der Waals surface area (Å²) in [6, 6.07) is 0.758. The molecule has 2 unspecified atom stereocenters. The van der Waals surface area contributed by atoms with Crippen LogP contribution in [0.4, 0.5) is 0 Å². The molecule has 0 radical (unpaired) electrons. The monoisotopic (exact) mass is 494 g/mol. The number of nitrogens with zero attached hydrogens (tertiary/aromatic N) is 3. The molecule has 27 heavy (non-hydrogen) atoms. The van der Waals surface area contributed by atoms with Crippen LogP contribution < -0.4 is 5.32 Å². The number of likely N-dealkylation sites (N-methyl/N-ethyl adjacent to an activating group) is 1. The molecule has 3 aliphatic rings. The minimum Gasteiger partial charge on any atom is -0.375 e. The molecule has 0 aromatic heterocycles. The number of morpholine rings is 1.